The molecule has 0 radical (unpaired) electrons. The molecular weight excluding hydrogens is 258 g/mol. The van der Waals surface area contributed by atoms with Crippen molar-refractivity contribution >= 4 is 22.3 Å². The molecule has 3 aromatic rings. The summed E-state index contributed by atoms with van der Waals surface area (Å²) in [6.45, 7) is 0. The van der Waals surface area contributed by atoms with Gasteiger partial charge < -0.3 is 5.32 Å². The summed E-state index contributed by atoms with van der Waals surface area (Å²) in [5.74, 6) is 0.0608. The molecule has 0 aliphatic carbocycles. The summed E-state index contributed by atoms with van der Waals surface area (Å²) in [4.78, 5) is 12.7. The molecule has 0 saturated heterocycles. The van der Waals surface area contributed by atoms with Crippen LogP contribution in [0.15, 0.2) is 78.5 Å². The number of allylic oxidation sites excluding steroid dienone is 1. The van der Waals surface area contributed by atoms with Crippen molar-refractivity contribution in [3.05, 3.63) is 89.6 Å². The maximum absolute atomic E-state index is 12.7. The van der Waals surface area contributed by atoms with Gasteiger partial charge in [-0.2, -0.15) is 0 Å². The maximum atomic E-state index is 12.7. The number of Topliss-reactive ketones (excluding diaryl/α,β-unsaturated/α-hetero) is 1. The van der Waals surface area contributed by atoms with Crippen LogP contribution in [0.5, 0.6) is 0 Å². The normalized spacial score (nSPS) is 13.1. The van der Waals surface area contributed by atoms with Crippen LogP contribution in [0.2, 0.25) is 0 Å². The zero-order valence-corrected chi connectivity index (χ0v) is 11.3. The lowest BCUT2D eigenvalue weighted by Gasteiger charge is -2.02. The molecule has 0 spiro atoms. The average molecular weight is 271 g/mol. The zero-order valence-electron chi connectivity index (χ0n) is 11.3. The molecule has 21 heavy (non-hydrogen) atoms. The van der Waals surface area contributed by atoms with E-state index in [1.807, 2.05) is 72.8 Å². The lowest BCUT2D eigenvalue weighted by atomic mass is 10.0. The van der Waals surface area contributed by atoms with Crippen LogP contribution in [0.3, 0.4) is 0 Å². The number of fused-ring (bicyclic) bond motifs is 1. The van der Waals surface area contributed by atoms with Gasteiger partial charge in [0, 0.05) is 11.1 Å². The predicted octanol–water partition coefficient (Wildman–Crippen LogP) is 3.99. The minimum absolute atomic E-state index is 0.0608. The molecule has 1 aliphatic rings. The highest BCUT2D eigenvalue weighted by Gasteiger charge is 2.30. The predicted molar refractivity (Wildman–Crippen MR) is 84.8 cm³/mol. The zero-order chi connectivity index (χ0) is 14.2. The SMILES string of the molecule is O=C(C1=C(c2ccccc2)N1)c1cccc2ccccc12. The van der Waals surface area contributed by atoms with Crippen LogP contribution in [0.4, 0.5) is 0 Å². The van der Waals surface area contributed by atoms with Crippen molar-refractivity contribution in [2.45, 2.75) is 0 Å². The number of carbonyl (C=O) groups excluding carboxylic acids is 1. The van der Waals surface area contributed by atoms with Crippen molar-refractivity contribution in [3.63, 3.8) is 0 Å². The van der Waals surface area contributed by atoms with Crippen molar-refractivity contribution < 1.29 is 4.79 Å². The van der Waals surface area contributed by atoms with Crippen molar-refractivity contribution in [3.8, 4) is 0 Å². The number of hydrogen-bond donors (Lipinski definition) is 1. The smallest absolute Gasteiger partial charge is 0.211 e. The van der Waals surface area contributed by atoms with Gasteiger partial charge in [0.25, 0.3) is 0 Å². The Balaban J connectivity index is 1.78. The molecule has 1 heterocycles. The van der Waals surface area contributed by atoms with Gasteiger partial charge in [0.2, 0.25) is 5.78 Å². The summed E-state index contributed by atoms with van der Waals surface area (Å²) in [5, 5.41) is 5.22. The second kappa shape index (κ2) is 4.60. The van der Waals surface area contributed by atoms with E-state index < -0.39 is 0 Å². The first kappa shape index (κ1) is 11.9. The van der Waals surface area contributed by atoms with Gasteiger partial charge >= 0.3 is 0 Å². The van der Waals surface area contributed by atoms with Crippen LogP contribution in [-0.4, -0.2) is 5.78 Å². The third kappa shape index (κ3) is 2.01. The molecule has 1 N–H and O–H groups in total. The van der Waals surface area contributed by atoms with Crippen LogP contribution >= 0.6 is 0 Å². The molecule has 0 amide bonds. The van der Waals surface area contributed by atoms with Gasteiger partial charge in [-0.05, 0) is 10.8 Å². The van der Waals surface area contributed by atoms with Gasteiger partial charge in [0.1, 0.15) is 5.70 Å². The lowest BCUT2D eigenvalue weighted by molar-refractivity contribution is 0.103. The standard InChI is InChI=1S/C19H13NO/c21-19(18-17(20-18)14-8-2-1-3-9-14)16-12-6-10-13-7-4-5-11-15(13)16/h1-12,20H. The van der Waals surface area contributed by atoms with E-state index in [1.165, 1.54) is 0 Å². The molecule has 3 aromatic carbocycles. The third-order valence-corrected chi connectivity index (χ3v) is 3.76. The molecule has 2 nitrogen and oxygen atoms in total. The second-order valence-electron chi connectivity index (χ2n) is 5.10. The number of nitrogens with one attached hydrogen (secondary N) is 1. The summed E-state index contributed by atoms with van der Waals surface area (Å²) in [6, 6.07) is 23.7. The third-order valence-electron chi connectivity index (χ3n) is 3.76. The molecular formula is C19H13NO. The molecule has 0 atom stereocenters. The van der Waals surface area contributed by atoms with E-state index in [-0.39, 0.29) is 5.78 Å². The Bertz CT molecular complexity index is 873. The molecule has 100 valence electrons. The highest BCUT2D eigenvalue weighted by Crippen LogP contribution is 2.31. The van der Waals surface area contributed by atoms with Gasteiger partial charge in [0.05, 0.1) is 5.70 Å². The molecule has 0 unspecified atom stereocenters. The van der Waals surface area contributed by atoms with Crippen LogP contribution in [0.1, 0.15) is 15.9 Å². The Labute approximate surface area is 122 Å². The summed E-state index contributed by atoms with van der Waals surface area (Å²) in [7, 11) is 0. The monoisotopic (exact) mass is 271 g/mol. The Kier molecular flexibility index (Phi) is 2.61. The Morgan fingerprint density at radius 1 is 0.762 bits per heavy atom. The first-order valence-corrected chi connectivity index (χ1v) is 6.94. The van der Waals surface area contributed by atoms with Crippen LogP contribution in [0.25, 0.3) is 16.5 Å². The Morgan fingerprint density at radius 2 is 1.48 bits per heavy atom. The summed E-state index contributed by atoms with van der Waals surface area (Å²) < 4.78 is 0. The van der Waals surface area contributed by atoms with Crippen molar-refractivity contribution in [2.75, 3.05) is 0 Å². The molecule has 0 bridgehead atoms. The highest BCUT2D eigenvalue weighted by molar-refractivity contribution is 6.23. The summed E-state index contributed by atoms with van der Waals surface area (Å²) >= 11 is 0. The van der Waals surface area contributed by atoms with Gasteiger partial charge in [-0.1, -0.05) is 72.8 Å². The molecule has 0 fully saturated rings. The largest absolute Gasteiger partial charge is 0.348 e. The number of rotatable bonds is 3. The van der Waals surface area contributed by atoms with E-state index in [2.05, 4.69) is 5.32 Å². The minimum atomic E-state index is 0.0608. The Hall–Kier alpha value is -2.87. The van der Waals surface area contributed by atoms with Gasteiger partial charge in [-0.25, -0.2) is 0 Å². The molecule has 1 aliphatic heterocycles. The number of ketones is 1. The van der Waals surface area contributed by atoms with Crippen LogP contribution < -0.4 is 5.32 Å². The van der Waals surface area contributed by atoms with E-state index in [0.29, 0.717) is 5.70 Å². The van der Waals surface area contributed by atoms with E-state index in [0.717, 1.165) is 27.6 Å². The molecule has 0 aromatic heterocycles. The van der Waals surface area contributed by atoms with Crippen molar-refractivity contribution in [2.24, 2.45) is 0 Å². The van der Waals surface area contributed by atoms with E-state index >= 15 is 0 Å². The number of hydrogen-bond acceptors (Lipinski definition) is 2. The molecule has 4 rings (SSSR count). The maximum Gasteiger partial charge on any atom is 0.211 e. The quantitative estimate of drug-likeness (QED) is 0.731. The van der Waals surface area contributed by atoms with Crippen LogP contribution in [-0.2, 0) is 0 Å². The van der Waals surface area contributed by atoms with E-state index in [4.69, 9.17) is 0 Å². The highest BCUT2D eigenvalue weighted by atomic mass is 16.1. The average Bonchev–Trinajstić information content (AvgIpc) is 3.35. The van der Waals surface area contributed by atoms with Gasteiger partial charge in [-0.3, -0.25) is 4.79 Å². The van der Waals surface area contributed by atoms with Crippen molar-refractivity contribution in [1.82, 2.24) is 5.32 Å². The fourth-order valence-electron chi connectivity index (χ4n) is 2.64. The fraction of sp³-hybridized carbons (Fsp3) is 0. The number of carbonyl (C=O) groups is 1. The molecule has 2 heteroatoms. The van der Waals surface area contributed by atoms with Crippen molar-refractivity contribution in [1.29, 1.82) is 0 Å². The first-order chi connectivity index (χ1) is 10.3. The van der Waals surface area contributed by atoms with Crippen LogP contribution in [0, 0.1) is 0 Å². The van der Waals surface area contributed by atoms with Gasteiger partial charge in [-0.15, -0.1) is 0 Å². The summed E-state index contributed by atoms with van der Waals surface area (Å²) in [6.07, 6.45) is 0. The summed E-state index contributed by atoms with van der Waals surface area (Å²) in [5.41, 5.74) is 3.45. The second-order valence-corrected chi connectivity index (χ2v) is 5.10. The molecule has 0 saturated carbocycles. The number of benzene rings is 3. The first-order valence-electron chi connectivity index (χ1n) is 6.94. The Morgan fingerprint density at radius 3 is 2.33 bits per heavy atom. The minimum Gasteiger partial charge on any atom is -0.348 e. The fourth-order valence-corrected chi connectivity index (χ4v) is 2.64. The topological polar surface area (TPSA) is 39.0 Å². The lowest BCUT2D eigenvalue weighted by Crippen LogP contribution is -2.01. The van der Waals surface area contributed by atoms with E-state index in [9.17, 15) is 4.79 Å². The van der Waals surface area contributed by atoms with E-state index in [1.54, 1.807) is 0 Å². The van der Waals surface area contributed by atoms with Gasteiger partial charge in [0.15, 0.2) is 0 Å².